The standard InChI is InChI=1S/C19H24N2O3/c1-14(2)20-11-12-21(18(20)24)16-8-6-7-15(13-16)19(17(22)23)9-4-3-5-10-19/h6-8,11-14H,3-5,9-10H2,1-2H3,(H,22,23). The van der Waals surface area contributed by atoms with E-state index in [2.05, 4.69) is 0 Å². The molecule has 5 heteroatoms. The molecule has 0 amide bonds. The number of hydrogen-bond donors (Lipinski definition) is 1. The lowest BCUT2D eigenvalue weighted by molar-refractivity contribution is -0.145. The van der Waals surface area contributed by atoms with Gasteiger partial charge in [-0.3, -0.25) is 13.9 Å². The van der Waals surface area contributed by atoms with Gasteiger partial charge in [-0.15, -0.1) is 0 Å². The molecule has 128 valence electrons. The molecule has 0 spiro atoms. The van der Waals surface area contributed by atoms with E-state index in [0.717, 1.165) is 30.5 Å². The molecule has 1 aliphatic carbocycles. The Kier molecular flexibility index (Phi) is 4.35. The van der Waals surface area contributed by atoms with Gasteiger partial charge in [-0.25, -0.2) is 4.79 Å². The number of imidazole rings is 1. The molecule has 1 fully saturated rings. The summed E-state index contributed by atoms with van der Waals surface area (Å²) in [7, 11) is 0. The molecule has 5 nitrogen and oxygen atoms in total. The Morgan fingerprint density at radius 1 is 1.17 bits per heavy atom. The minimum absolute atomic E-state index is 0.0886. The summed E-state index contributed by atoms with van der Waals surface area (Å²) in [5.41, 5.74) is 0.605. The minimum Gasteiger partial charge on any atom is -0.481 e. The lowest BCUT2D eigenvalue weighted by Gasteiger charge is -2.33. The lowest BCUT2D eigenvalue weighted by atomic mass is 9.69. The molecule has 1 aromatic heterocycles. The molecule has 0 bridgehead atoms. The van der Waals surface area contributed by atoms with Crippen molar-refractivity contribution in [2.45, 2.75) is 57.4 Å². The van der Waals surface area contributed by atoms with Gasteiger partial charge in [-0.2, -0.15) is 0 Å². The van der Waals surface area contributed by atoms with Crippen molar-refractivity contribution in [2.75, 3.05) is 0 Å². The Morgan fingerprint density at radius 3 is 2.46 bits per heavy atom. The summed E-state index contributed by atoms with van der Waals surface area (Å²) in [6, 6.07) is 7.54. The molecule has 1 aliphatic rings. The fourth-order valence-electron chi connectivity index (χ4n) is 3.71. The first-order chi connectivity index (χ1) is 11.5. The van der Waals surface area contributed by atoms with Crippen LogP contribution < -0.4 is 5.69 Å². The Balaban J connectivity index is 2.06. The van der Waals surface area contributed by atoms with Crippen LogP contribution in [0.3, 0.4) is 0 Å². The number of hydrogen-bond acceptors (Lipinski definition) is 2. The molecule has 0 saturated heterocycles. The van der Waals surface area contributed by atoms with Crippen LogP contribution in [0.1, 0.15) is 57.6 Å². The molecule has 3 rings (SSSR count). The van der Waals surface area contributed by atoms with E-state index in [-0.39, 0.29) is 11.7 Å². The third-order valence-corrected chi connectivity index (χ3v) is 5.15. The molecule has 1 N–H and O–H groups in total. The predicted molar refractivity (Wildman–Crippen MR) is 92.8 cm³/mol. The number of nitrogens with zero attached hydrogens (tertiary/aromatic N) is 2. The highest BCUT2D eigenvalue weighted by atomic mass is 16.4. The number of carboxylic acid groups (broad SMARTS) is 1. The van der Waals surface area contributed by atoms with Gasteiger partial charge in [0.2, 0.25) is 0 Å². The molecule has 0 atom stereocenters. The number of carbonyl (C=O) groups is 1. The largest absolute Gasteiger partial charge is 0.481 e. The fraction of sp³-hybridized carbons (Fsp3) is 0.474. The van der Waals surface area contributed by atoms with Crippen molar-refractivity contribution in [1.82, 2.24) is 9.13 Å². The van der Waals surface area contributed by atoms with Crippen molar-refractivity contribution in [2.24, 2.45) is 0 Å². The van der Waals surface area contributed by atoms with Gasteiger partial charge in [0.1, 0.15) is 0 Å². The number of carboxylic acids is 1. The molecule has 1 saturated carbocycles. The monoisotopic (exact) mass is 328 g/mol. The van der Waals surface area contributed by atoms with Crippen LogP contribution in [0.5, 0.6) is 0 Å². The SMILES string of the molecule is CC(C)n1ccn(-c2cccc(C3(C(=O)O)CCCCC3)c2)c1=O. The molecule has 1 aromatic carbocycles. The Hall–Kier alpha value is -2.30. The minimum atomic E-state index is -0.821. The van der Waals surface area contributed by atoms with Crippen LogP contribution in [0, 0.1) is 0 Å². The highest BCUT2D eigenvalue weighted by molar-refractivity contribution is 5.81. The van der Waals surface area contributed by atoms with Crippen LogP contribution in [0.15, 0.2) is 41.5 Å². The molecule has 0 unspecified atom stereocenters. The van der Waals surface area contributed by atoms with E-state index in [0.29, 0.717) is 12.8 Å². The van der Waals surface area contributed by atoms with Gasteiger partial charge in [0.25, 0.3) is 0 Å². The molecule has 0 aliphatic heterocycles. The summed E-state index contributed by atoms with van der Waals surface area (Å²) in [4.78, 5) is 24.5. The van der Waals surface area contributed by atoms with Gasteiger partial charge >= 0.3 is 11.7 Å². The Labute approximate surface area is 141 Å². The van der Waals surface area contributed by atoms with Gasteiger partial charge in [0, 0.05) is 18.4 Å². The highest BCUT2D eigenvalue weighted by Gasteiger charge is 2.41. The van der Waals surface area contributed by atoms with Crippen LogP contribution in [-0.4, -0.2) is 20.2 Å². The van der Waals surface area contributed by atoms with Gasteiger partial charge < -0.3 is 5.11 Å². The number of benzene rings is 1. The summed E-state index contributed by atoms with van der Waals surface area (Å²) in [6.07, 6.45) is 7.79. The van der Waals surface area contributed by atoms with E-state index in [1.165, 1.54) is 0 Å². The van der Waals surface area contributed by atoms with E-state index in [9.17, 15) is 14.7 Å². The normalized spacial score (nSPS) is 17.1. The summed E-state index contributed by atoms with van der Waals surface area (Å²) in [6.45, 7) is 3.92. The first-order valence-electron chi connectivity index (χ1n) is 8.59. The van der Waals surface area contributed by atoms with E-state index in [1.54, 1.807) is 21.5 Å². The zero-order chi connectivity index (χ0) is 17.3. The average Bonchev–Trinajstić information content (AvgIpc) is 2.97. The highest BCUT2D eigenvalue weighted by Crippen LogP contribution is 2.40. The fourth-order valence-corrected chi connectivity index (χ4v) is 3.71. The Bertz CT molecular complexity index is 795. The van der Waals surface area contributed by atoms with Crippen LogP contribution in [0.25, 0.3) is 5.69 Å². The van der Waals surface area contributed by atoms with Crippen molar-refractivity contribution in [3.8, 4) is 5.69 Å². The van der Waals surface area contributed by atoms with Crippen LogP contribution >= 0.6 is 0 Å². The van der Waals surface area contributed by atoms with E-state index >= 15 is 0 Å². The maximum Gasteiger partial charge on any atom is 0.332 e. The third-order valence-electron chi connectivity index (χ3n) is 5.15. The zero-order valence-corrected chi connectivity index (χ0v) is 14.2. The average molecular weight is 328 g/mol. The first-order valence-corrected chi connectivity index (χ1v) is 8.59. The van der Waals surface area contributed by atoms with Gasteiger partial charge in [0.15, 0.2) is 0 Å². The van der Waals surface area contributed by atoms with Crippen molar-refractivity contribution in [3.05, 3.63) is 52.7 Å². The zero-order valence-electron chi connectivity index (χ0n) is 14.2. The van der Waals surface area contributed by atoms with E-state index < -0.39 is 11.4 Å². The maximum absolute atomic E-state index is 12.5. The number of aliphatic carboxylic acids is 1. The van der Waals surface area contributed by atoms with E-state index in [1.807, 2.05) is 38.1 Å². The Morgan fingerprint density at radius 2 is 1.88 bits per heavy atom. The molecule has 0 radical (unpaired) electrons. The summed E-state index contributed by atoms with van der Waals surface area (Å²) < 4.78 is 3.25. The number of rotatable bonds is 4. The second kappa shape index (κ2) is 6.30. The van der Waals surface area contributed by atoms with Gasteiger partial charge in [0.05, 0.1) is 11.1 Å². The second-order valence-corrected chi connectivity index (χ2v) is 6.95. The second-order valence-electron chi connectivity index (χ2n) is 6.95. The lowest BCUT2D eigenvalue weighted by Crippen LogP contribution is -2.38. The summed E-state index contributed by atoms with van der Waals surface area (Å²) in [5.74, 6) is -0.758. The third kappa shape index (κ3) is 2.68. The molecular formula is C19H24N2O3. The smallest absolute Gasteiger partial charge is 0.332 e. The van der Waals surface area contributed by atoms with Crippen molar-refractivity contribution < 1.29 is 9.90 Å². The quantitative estimate of drug-likeness (QED) is 0.934. The molecule has 1 heterocycles. The molecular weight excluding hydrogens is 304 g/mol. The van der Waals surface area contributed by atoms with Crippen molar-refractivity contribution in [3.63, 3.8) is 0 Å². The predicted octanol–water partition coefficient (Wildman–Crippen LogP) is 3.51. The van der Waals surface area contributed by atoms with Gasteiger partial charge in [-0.1, -0.05) is 31.4 Å². The van der Waals surface area contributed by atoms with Crippen LogP contribution in [-0.2, 0) is 10.2 Å². The van der Waals surface area contributed by atoms with E-state index in [4.69, 9.17) is 0 Å². The number of aromatic nitrogens is 2. The topological polar surface area (TPSA) is 64.2 Å². The van der Waals surface area contributed by atoms with Gasteiger partial charge in [-0.05, 0) is 44.4 Å². The van der Waals surface area contributed by atoms with Crippen molar-refractivity contribution >= 4 is 5.97 Å². The van der Waals surface area contributed by atoms with Crippen LogP contribution in [0.4, 0.5) is 0 Å². The molecule has 2 aromatic rings. The summed E-state index contributed by atoms with van der Waals surface area (Å²) in [5, 5.41) is 9.86. The maximum atomic E-state index is 12.5. The first kappa shape index (κ1) is 16.6. The summed E-state index contributed by atoms with van der Waals surface area (Å²) >= 11 is 0. The molecule has 24 heavy (non-hydrogen) atoms. The van der Waals surface area contributed by atoms with Crippen LogP contribution in [0.2, 0.25) is 0 Å². The van der Waals surface area contributed by atoms with Crippen molar-refractivity contribution in [1.29, 1.82) is 0 Å².